The van der Waals surface area contributed by atoms with Gasteiger partial charge in [0.15, 0.2) is 5.11 Å². The van der Waals surface area contributed by atoms with Crippen molar-refractivity contribution in [2.75, 3.05) is 10.6 Å². The zero-order valence-corrected chi connectivity index (χ0v) is 11.6. The lowest BCUT2D eigenvalue weighted by Crippen LogP contribution is -2.19. The van der Waals surface area contributed by atoms with Gasteiger partial charge in [0.25, 0.3) is 0 Å². The maximum absolute atomic E-state index is 13.0. The molecule has 2 aromatic rings. The molecule has 0 spiro atoms. The SMILES string of the molecule is Cc1ccnc(NC(=S)Nc2ccc(F)c(Cl)c2)c1. The van der Waals surface area contributed by atoms with Gasteiger partial charge in [-0.25, -0.2) is 9.37 Å². The molecular weight excluding hydrogens is 285 g/mol. The van der Waals surface area contributed by atoms with E-state index in [0.717, 1.165) is 5.56 Å². The first kappa shape index (κ1) is 13.7. The first-order valence-electron chi connectivity index (χ1n) is 5.50. The van der Waals surface area contributed by atoms with E-state index in [-0.39, 0.29) is 5.02 Å². The second-order valence-corrected chi connectivity index (χ2v) is 4.74. The number of aromatic nitrogens is 1. The molecule has 1 aromatic carbocycles. The zero-order valence-electron chi connectivity index (χ0n) is 10.1. The maximum Gasteiger partial charge on any atom is 0.176 e. The van der Waals surface area contributed by atoms with E-state index in [1.54, 1.807) is 12.3 Å². The Kier molecular flexibility index (Phi) is 4.29. The number of hydrogen-bond acceptors (Lipinski definition) is 2. The Morgan fingerprint density at radius 2 is 2.05 bits per heavy atom. The Balaban J connectivity index is 2.03. The van der Waals surface area contributed by atoms with Crippen molar-refractivity contribution in [3.05, 3.63) is 52.9 Å². The Bertz CT molecular complexity index is 619. The van der Waals surface area contributed by atoms with Gasteiger partial charge in [0.1, 0.15) is 11.6 Å². The molecule has 1 aromatic heterocycles. The third-order valence-corrected chi connectivity index (χ3v) is 2.83. The number of aryl methyl sites for hydroxylation is 1. The molecule has 0 aliphatic carbocycles. The van der Waals surface area contributed by atoms with E-state index >= 15 is 0 Å². The van der Waals surface area contributed by atoms with E-state index in [0.29, 0.717) is 16.6 Å². The van der Waals surface area contributed by atoms with Crippen LogP contribution in [-0.4, -0.2) is 10.1 Å². The van der Waals surface area contributed by atoms with Crippen LogP contribution >= 0.6 is 23.8 Å². The average Bonchev–Trinajstić information content (AvgIpc) is 2.34. The highest BCUT2D eigenvalue weighted by Gasteiger charge is 2.03. The molecule has 0 fully saturated rings. The number of pyridine rings is 1. The molecule has 0 amide bonds. The lowest BCUT2D eigenvalue weighted by atomic mass is 10.3. The highest BCUT2D eigenvalue weighted by molar-refractivity contribution is 7.80. The van der Waals surface area contributed by atoms with Crippen molar-refractivity contribution in [1.29, 1.82) is 0 Å². The van der Waals surface area contributed by atoms with Crippen molar-refractivity contribution >= 4 is 40.4 Å². The van der Waals surface area contributed by atoms with Crippen LogP contribution in [0.3, 0.4) is 0 Å². The molecule has 0 saturated carbocycles. The van der Waals surface area contributed by atoms with E-state index < -0.39 is 5.82 Å². The number of thiocarbonyl (C=S) groups is 1. The molecule has 0 atom stereocenters. The fourth-order valence-corrected chi connectivity index (χ4v) is 1.86. The highest BCUT2D eigenvalue weighted by atomic mass is 35.5. The Morgan fingerprint density at radius 3 is 2.74 bits per heavy atom. The summed E-state index contributed by atoms with van der Waals surface area (Å²) < 4.78 is 13.0. The van der Waals surface area contributed by atoms with Crippen molar-refractivity contribution in [2.45, 2.75) is 6.92 Å². The third kappa shape index (κ3) is 3.87. The fourth-order valence-electron chi connectivity index (χ4n) is 1.46. The molecule has 0 radical (unpaired) electrons. The molecule has 6 heteroatoms. The van der Waals surface area contributed by atoms with Crippen LogP contribution in [0.15, 0.2) is 36.5 Å². The van der Waals surface area contributed by atoms with Gasteiger partial charge in [-0.05, 0) is 55.0 Å². The first-order chi connectivity index (χ1) is 9.04. The van der Waals surface area contributed by atoms with Crippen molar-refractivity contribution < 1.29 is 4.39 Å². The number of benzene rings is 1. The Hall–Kier alpha value is -1.72. The number of halogens is 2. The van der Waals surface area contributed by atoms with Gasteiger partial charge in [-0.2, -0.15) is 0 Å². The summed E-state index contributed by atoms with van der Waals surface area (Å²) in [5, 5.41) is 6.25. The van der Waals surface area contributed by atoms with Crippen LogP contribution in [-0.2, 0) is 0 Å². The van der Waals surface area contributed by atoms with Crippen molar-refractivity contribution in [1.82, 2.24) is 4.98 Å². The highest BCUT2D eigenvalue weighted by Crippen LogP contribution is 2.19. The van der Waals surface area contributed by atoms with Crippen LogP contribution in [0.25, 0.3) is 0 Å². The van der Waals surface area contributed by atoms with Gasteiger partial charge in [0.2, 0.25) is 0 Å². The van der Waals surface area contributed by atoms with Crippen LogP contribution in [0.5, 0.6) is 0 Å². The largest absolute Gasteiger partial charge is 0.332 e. The summed E-state index contributed by atoms with van der Waals surface area (Å²) in [5.74, 6) is 0.178. The quantitative estimate of drug-likeness (QED) is 0.822. The smallest absolute Gasteiger partial charge is 0.176 e. The van der Waals surface area contributed by atoms with E-state index in [1.807, 2.05) is 19.1 Å². The van der Waals surface area contributed by atoms with Crippen molar-refractivity contribution in [2.24, 2.45) is 0 Å². The normalized spacial score (nSPS) is 10.1. The third-order valence-electron chi connectivity index (χ3n) is 2.33. The Morgan fingerprint density at radius 1 is 1.26 bits per heavy atom. The minimum Gasteiger partial charge on any atom is -0.332 e. The van der Waals surface area contributed by atoms with Gasteiger partial charge in [0, 0.05) is 11.9 Å². The predicted octanol–water partition coefficient (Wildman–Crippen LogP) is 3.99. The van der Waals surface area contributed by atoms with E-state index in [2.05, 4.69) is 15.6 Å². The second kappa shape index (κ2) is 5.95. The number of hydrogen-bond donors (Lipinski definition) is 2. The van der Waals surface area contributed by atoms with E-state index in [9.17, 15) is 4.39 Å². The van der Waals surface area contributed by atoms with Gasteiger partial charge >= 0.3 is 0 Å². The van der Waals surface area contributed by atoms with Crippen LogP contribution in [0.2, 0.25) is 5.02 Å². The van der Waals surface area contributed by atoms with Crippen LogP contribution in [0.4, 0.5) is 15.9 Å². The molecule has 2 N–H and O–H groups in total. The molecule has 0 saturated heterocycles. The van der Waals surface area contributed by atoms with Crippen molar-refractivity contribution in [3.8, 4) is 0 Å². The molecule has 0 unspecified atom stereocenters. The number of anilines is 2. The Labute approximate surface area is 120 Å². The summed E-state index contributed by atoms with van der Waals surface area (Å²) in [7, 11) is 0. The lowest BCUT2D eigenvalue weighted by Gasteiger charge is -2.10. The minimum absolute atomic E-state index is 0.0430. The number of rotatable bonds is 2. The first-order valence-corrected chi connectivity index (χ1v) is 6.29. The minimum atomic E-state index is -0.466. The summed E-state index contributed by atoms with van der Waals surface area (Å²) >= 11 is 10.8. The monoisotopic (exact) mass is 295 g/mol. The van der Waals surface area contributed by atoms with E-state index in [4.69, 9.17) is 23.8 Å². The van der Waals surface area contributed by atoms with Crippen LogP contribution < -0.4 is 10.6 Å². The summed E-state index contributed by atoms with van der Waals surface area (Å²) in [6.07, 6.45) is 1.69. The zero-order chi connectivity index (χ0) is 13.8. The van der Waals surface area contributed by atoms with Gasteiger partial charge < -0.3 is 10.6 Å². The average molecular weight is 296 g/mol. The maximum atomic E-state index is 13.0. The molecule has 19 heavy (non-hydrogen) atoms. The molecule has 0 aliphatic heterocycles. The topological polar surface area (TPSA) is 37.0 Å². The number of nitrogens with one attached hydrogen (secondary N) is 2. The summed E-state index contributed by atoms with van der Waals surface area (Å²) in [5.41, 5.74) is 1.68. The fraction of sp³-hybridized carbons (Fsp3) is 0.0769. The second-order valence-electron chi connectivity index (χ2n) is 3.93. The van der Waals surface area contributed by atoms with Gasteiger partial charge in [-0.15, -0.1) is 0 Å². The van der Waals surface area contributed by atoms with Crippen LogP contribution in [0.1, 0.15) is 5.56 Å². The molecule has 2 rings (SSSR count). The van der Waals surface area contributed by atoms with Crippen molar-refractivity contribution in [3.63, 3.8) is 0 Å². The summed E-state index contributed by atoms with van der Waals surface area (Å²) in [6, 6.07) is 8.05. The van der Waals surface area contributed by atoms with Gasteiger partial charge in [0.05, 0.1) is 5.02 Å². The predicted molar refractivity (Wildman–Crippen MR) is 80.2 cm³/mol. The summed E-state index contributed by atoms with van der Waals surface area (Å²) in [4.78, 5) is 4.13. The molecule has 98 valence electrons. The number of nitrogens with zero attached hydrogens (tertiary/aromatic N) is 1. The summed E-state index contributed by atoms with van der Waals surface area (Å²) in [6.45, 7) is 1.96. The molecule has 1 heterocycles. The van der Waals surface area contributed by atoms with Gasteiger partial charge in [-0.3, -0.25) is 0 Å². The van der Waals surface area contributed by atoms with E-state index in [1.165, 1.54) is 12.1 Å². The van der Waals surface area contributed by atoms with Crippen LogP contribution in [0, 0.1) is 12.7 Å². The molecule has 3 nitrogen and oxygen atoms in total. The molecular formula is C13H11ClFN3S. The molecule has 0 aliphatic rings. The standard InChI is InChI=1S/C13H11ClFN3S/c1-8-4-5-16-12(6-8)18-13(19)17-9-2-3-11(15)10(14)7-9/h2-7H,1H3,(H2,16,17,18,19). The lowest BCUT2D eigenvalue weighted by molar-refractivity contribution is 0.628. The molecule has 0 bridgehead atoms. The van der Waals surface area contributed by atoms with Gasteiger partial charge in [-0.1, -0.05) is 11.6 Å².